The van der Waals surface area contributed by atoms with Gasteiger partial charge >= 0.3 is 0 Å². The molecule has 0 nitrogen and oxygen atoms in total. The molecule has 3 heteroatoms. The highest BCUT2D eigenvalue weighted by Gasteiger charge is 2.27. The van der Waals surface area contributed by atoms with E-state index in [4.69, 9.17) is 0 Å². The Morgan fingerprint density at radius 1 is 1.36 bits per heavy atom. The van der Waals surface area contributed by atoms with Gasteiger partial charge in [-0.3, -0.25) is 0 Å². The molecule has 0 amide bonds. The first-order chi connectivity index (χ1) is 6.68. The van der Waals surface area contributed by atoms with Gasteiger partial charge in [-0.1, -0.05) is 22.0 Å². The number of hydrogen-bond donors (Lipinski definition) is 0. The third-order valence-electron chi connectivity index (χ3n) is 2.77. The fourth-order valence-corrected chi connectivity index (χ4v) is 2.45. The van der Waals surface area contributed by atoms with E-state index in [1.165, 1.54) is 0 Å². The van der Waals surface area contributed by atoms with Gasteiger partial charge < -0.3 is 0 Å². The number of rotatable bonds is 1. The summed E-state index contributed by atoms with van der Waals surface area (Å²) in [5, 5.41) is 0. The lowest BCUT2D eigenvalue weighted by Gasteiger charge is -2.24. The fourth-order valence-electron chi connectivity index (χ4n) is 2.07. The van der Waals surface area contributed by atoms with Crippen LogP contribution in [0, 0.1) is 0 Å². The van der Waals surface area contributed by atoms with Crippen molar-refractivity contribution in [3.05, 3.63) is 33.8 Å². The normalized spacial score (nSPS) is 21.0. The second-order valence-electron chi connectivity index (χ2n) is 3.68. The predicted molar refractivity (Wildman–Crippen MR) is 55.8 cm³/mol. The zero-order chi connectivity index (χ0) is 10.1. The maximum atomic E-state index is 12.7. The number of fused-ring (bicyclic) bond motifs is 1. The third kappa shape index (κ3) is 1.83. The smallest absolute Gasteiger partial charge is 0.210 e. The lowest BCUT2D eigenvalue weighted by Crippen LogP contribution is -2.16. The first kappa shape index (κ1) is 10.1. The topological polar surface area (TPSA) is 0 Å². The summed E-state index contributed by atoms with van der Waals surface area (Å²) in [6, 6.07) is 5.71. The average Bonchev–Trinajstić information content (AvgIpc) is 2.16. The van der Waals surface area contributed by atoms with Crippen molar-refractivity contribution in [1.82, 2.24) is 0 Å². The molecule has 14 heavy (non-hydrogen) atoms. The third-order valence-corrected chi connectivity index (χ3v) is 3.27. The Kier molecular flexibility index (Phi) is 2.86. The molecule has 1 aromatic carbocycles. The van der Waals surface area contributed by atoms with Gasteiger partial charge in [-0.15, -0.1) is 0 Å². The van der Waals surface area contributed by atoms with Gasteiger partial charge in [0, 0.05) is 10.4 Å². The molecular weight excluding hydrogens is 250 g/mol. The molecule has 76 valence electrons. The number of alkyl halides is 2. The van der Waals surface area contributed by atoms with Crippen LogP contribution >= 0.6 is 15.9 Å². The highest BCUT2D eigenvalue weighted by Crippen LogP contribution is 2.37. The van der Waals surface area contributed by atoms with Gasteiger partial charge in [0.1, 0.15) is 0 Å². The van der Waals surface area contributed by atoms with Crippen LogP contribution in [0.1, 0.15) is 29.9 Å². The summed E-state index contributed by atoms with van der Waals surface area (Å²) >= 11 is 3.32. The lowest BCUT2D eigenvalue weighted by molar-refractivity contribution is 0.106. The quantitative estimate of drug-likeness (QED) is 0.712. The summed E-state index contributed by atoms with van der Waals surface area (Å²) in [5.74, 6) is -0.559. The minimum absolute atomic E-state index is 0.559. The van der Waals surface area contributed by atoms with E-state index in [9.17, 15) is 8.78 Å². The van der Waals surface area contributed by atoms with Crippen LogP contribution in [0.15, 0.2) is 22.7 Å². The molecule has 1 aliphatic carbocycles. The standard InChI is InChI=1S/C11H11BrF2/c12-8-5-4-7-2-1-3-9(11(13)14)10(7)6-8/h4-6,9,11H,1-3H2. The Labute approximate surface area is 90.4 Å². The van der Waals surface area contributed by atoms with E-state index in [0.717, 1.165) is 28.4 Å². The molecule has 1 aliphatic rings. The van der Waals surface area contributed by atoms with Gasteiger partial charge in [0.15, 0.2) is 0 Å². The van der Waals surface area contributed by atoms with E-state index >= 15 is 0 Å². The molecule has 0 heterocycles. The minimum Gasteiger partial charge on any atom is -0.210 e. The highest BCUT2D eigenvalue weighted by molar-refractivity contribution is 9.10. The lowest BCUT2D eigenvalue weighted by atomic mass is 9.83. The summed E-state index contributed by atoms with van der Waals surface area (Å²) in [5.41, 5.74) is 1.92. The van der Waals surface area contributed by atoms with Crippen LogP contribution in [0.4, 0.5) is 8.78 Å². The maximum Gasteiger partial charge on any atom is 0.245 e. The van der Waals surface area contributed by atoms with Crippen molar-refractivity contribution in [3.63, 3.8) is 0 Å². The van der Waals surface area contributed by atoms with Crippen LogP contribution in [-0.2, 0) is 6.42 Å². The van der Waals surface area contributed by atoms with Crippen LogP contribution in [0.3, 0.4) is 0 Å². The van der Waals surface area contributed by atoms with Crippen LogP contribution < -0.4 is 0 Å². The molecule has 1 unspecified atom stereocenters. The van der Waals surface area contributed by atoms with E-state index in [0.29, 0.717) is 6.42 Å². The Hall–Kier alpha value is -0.440. The van der Waals surface area contributed by atoms with Crippen molar-refractivity contribution in [1.29, 1.82) is 0 Å². The molecule has 0 saturated heterocycles. The van der Waals surface area contributed by atoms with Gasteiger partial charge in [-0.25, -0.2) is 8.78 Å². The van der Waals surface area contributed by atoms with Gasteiger partial charge in [0.05, 0.1) is 0 Å². The molecule has 0 fully saturated rings. The average molecular weight is 261 g/mol. The molecule has 1 atom stereocenters. The predicted octanol–water partition coefficient (Wildman–Crippen LogP) is 4.13. The summed E-state index contributed by atoms with van der Waals surface area (Å²) in [7, 11) is 0. The summed E-state index contributed by atoms with van der Waals surface area (Å²) in [6.07, 6.45) is 0.194. The summed E-state index contributed by atoms with van der Waals surface area (Å²) in [4.78, 5) is 0. The SMILES string of the molecule is FC(F)C1CCCc2ccc(Br)cc21. The maximum absolute atomic E-state index is 12.7. The molecule has 2 rings (SSSR count). The van der Waals surface area contributed by atoms with Crippen molar-refractivity contribution in [2.75, 3.05) is 0 Å². The van der Waals surface area contributed by atoms with Gasteiger partial charge in [-0.05, 0) is 42.5 Å². The first-order valence-corrected chi connectivity index (χ1v) is 5.54. The number of halogens is 3. The van der Waals surface area contributed by atoms with E-state index in [1.54, 1.807) is 0 Å². The zero-order valence-electron chi connectivity index (χ0n) is 7.64. The van der Waals surface area contributed by atoms with Crippen molar-refractivity contribution in [3.8, 4) is 0 Å². The van der Waals surface area contributed by atoms with Crippen molar-refractivity contribution >= 4 is 15.9 Å². The van der Waals surface area contributed by atoms with E-state index in [-0.39, 0.29) is 0 Å². The van der Waals surface area contributed by atoms with Crippen LogP contribution in [0.2, 0.25) is 0 Å². The number of benzene rings is 1. The van der Waals surface area contributed by atoms with E-state index in [1.807, 2.05) is 18.2 Å². The van der Waals surface area contributed by atoms with Gasteiger partial charge in [-0.2, -0.15) is 0 Å². The molecule has 0 N–H and O–H groups in total. The monoisotopic (exact) mass is 260 g/mol. The van der Waals surface area contributed by atoms with Gasteiger partial charge in [0.25, 0.3) is 0 Å². The first-order valence-electron chi connectivity index (χ1n) is 4.75. The van der Waals surface area contributed by atoms with Crippen LogP contribution in [-0.4, -0.2) is 6.43 Å². The molecular formula is C11H11BrF2. The van der Waals surface area contributed by atoms with Crippen molar-refractivity contribution in [2.24, 2.45) is 0 Å². The van der Waals surface area contributed by atoms with Crippen molar-refractivity contribution < 1.29 is 8.78 Å². The van der Waals surface area contributed by atoms with Crippen LogP contribution in [0.5, 0.6) is 0 Å². The van der Waals surface area contributed by atoms with Crippen LogP contribution in [0.25, 0.3) is 0 Å². The Bertz CT molecular complexity index is 336. The Morgan fingerprint density at radius 2 is 2.14 bits per heavy atom. The Balaban J connectivity index is 2.41. The largest absolute Gasteiger partial charge is 0.245 e. The minimum atomic E-state index is -2.23. The second kappa shape index (κ2) is 3.97. The molecule has 0 aromatic heterocycles. The molecule has 1 aromatic rings. The molecule has 0 bridgehead atoms. The zero-order valence-corrected chi connectivity index (χ0v) is 9.23. The highest BCUT2D eigenvalue weighted by atomic mass is 79.9. The number of aryl methyl sites for hydroxylation is 1. The molecule has 0 radical (unpaired) electrons. The molecule has 0 aliphatic heterocycles. The summed E-state index contributed by atoms with van der Waals surface area (Å²) in [6.45, 7) is 0. The molecule has 0 spiro atoms. The number of hydrogen-bond acceptors (Lipinski definition) is 0. The van der Waals surface area contributed by atoms with Crippen molar-refractivity contribution in [2.45, 2.75) is 31.6 Å². The molecule has 0 saturated carbocycles. The Morgan fingerprint density at radius 3 is 2.86 bits per heavy atom. The second-order valence-corrected chi connectivity index (χ2v) is 4.59. The fraction of sp³-hybridized carbons (Fsp3) is 0.455. The van der Waals surface area contributed by atoms with E-state index < -0.39 is 12.3 Å². The van der Waals surface area contributed by atoms with Gasteiger partial charge in [0.2, 0.25) is 6.43 Å². The van der Waals surface area contributed by atoms with E-state index in [2.05, 4.69) is 15.9 Å². The summed E-state index contributed by atoms with van der Waals surface area (Å²) < 4.78 is 26.3.